The number of hydrogen-bond acceptors (Lipinski definition) is 1. The molecule has 3 fully saturated rings. The molecule has 0 heterocycles. The summed E-state index contributed by atoms with van der Waals surface area (Å²) in [5, 5.41) is 0. The Kier molecular flexibility index (Phi) is 2.97. The molecule has 0 N–H and O–H groups in total. The highest BCUT2D eigenvalue weighted by Crippen LogP contribution is 2.73. The molecule has 0 aromatic heterocycles. The SMILES string of the molecule is CCOC1=CC2=CC[C@H]3[C@@H]4[C@H]5C[C@H]5C[C@@]4(C)CC[C@@H]3[C@@]2(C)CC1. The smallest absolute Gasteiger partial charge is 0.0962 e. The van der Waals surface area contributed by atoms with Crippen molar-refractivity contribution >= 4 is 0 Å². The average molecular weight is 312 g/mol. The summed E-state index contributed by atoms with van der Waals surface area (Å²) in [6.07, 6.45) is 14.9. The molecule has 0 saturated heterocycles. The fourth-order valence-electron chi connectivity index (χ4n) is 7.54. The maximum atomic E-state index is 5.84. The molecule has 0 aliphatic heterocycles. The van der Waals surface area contributed by atoms with Gasteiger partial charge in [-0.25, -0.2) is 0 Å². The minimum Gasteiger partial charge on any atom is -0.498 e. The molecule has 5 aliphatic rings. The summed E-state index contributed by atoms with van der Waals surface area (Å²) in [7, 11) is 0. The third-order valence-electron chi connectivity index (χ3n) is 8.60. The zero-order valence-electron chi connectivity index (χ0n) is 15.1. The summed E-state index contributed by atoms with van der Waals surface area (Å²) in [6.45, 7) is 8.13. The largest absolute Gasteiger partial charge is 0.498 e. The predicted molar refractivity (Wildman–Crippen MR) is 93.8 cm³/mol. The lowest BCUT2D eigenvalue weighted by molar-refractivity contribution is -0.0338. The van der Waals surface area contributed by atoms with E-state index in [1.165, 1.54) is 31.4 Å². The summed E-state index contributed by atoms with van der Waals surface area (Å²) in [4.78, 5) is 0. The molecule has 0 aromatic rings. The van der Waals surface area contributed by atoms with Crippen molar-refractivity contribution in [2.75, 3.05) is 6.61 Å². The molecule has 0 spiro atoms. The highest BCUT2D eigenvalue weighted by molar-refractivity contribution is 5.36. The monoisotopic (exact) mass is 312 g/mol. The number of ether oxygens (including phenoxy) is 1. The molecule has 0 unspecified atom stereocenters. The van der Waals surface area contributed by atoms with E-state index in [-0.39, 0.29) is 0 Å². The van der Waals surface area contributed by atoms with Gasteiger partial charge in [-0.1, -0.05) is 19.9 Å². The Morgan fingerprint density at radius 3 is 2.91 bits per heavy atom. The highest BCUT2D eigenvalue weighted by Gasteiger charge is 2.65. The minimum absolute atomic E-state index is 0.428. The van der Waals surface area contributed by atoms with Crippen molar-refractivity contribution in [3.63, 3.8) is 0 Å². The maximum Gasteiger partial charge on any atom is 0.0962 e. The van der Waals surface area contributed by atoms with Crippen molar-refractivity contribution in [3.8, 4) is 0 Å². The van der Waals surface area contributed by atoms with E-state index in [2.05, 4.69) is 32.9 Å². The Morgan fingerprint density at radius 2 is 2.09 bits per heavy atom. The van der Waals surface area contributed by atoms with Crippen LogP contribution in [0.25, 0.3) is 0 Å². The van der Waals surface area contributed by atoms with Crippen LogP contribution in [0.4, 0.5) is 0 Å². The second-order valence-corrected chi connectivity index (χ2v) is 9.71. The molecule has 23 heavy (non-hydrogen) atoms. The average Bonchev–Trinajstić information content (AvgIpc) is 3.18. The lowest BCUT2D eigenvalue weighted by Crippen LogP contribution is -2.49. The van der Waals surface area contributed by atoms with E-state index in [9.17, 15) is 0 Å². The van der Waals surface area contributed by atoms with Crippen molar-refractivity contribution < 1.29 is 4.74 Å². The van der Waals surface area contributed by atoms with E-state index in [0.29, 0.717) is 10.8 Å². The molecule has 5 rings (SSSR count). The van der Waals surface area contributed by atoms with Crippen LogP contribution in [0.15, 0.2) is 23.5 Å². The first kappa shape index (κ1) is 14.6. The minimum atomic E-state index is 0.428. The molecule has 0 amide bonds. The van der Waals surface area contributed by atoms with Gasteiger partial charge in [0.2, 0.25) is 0 Å². The summed E-state index contributed by atoms with van der Waals surface area (Å²) in [5.41, 5.74) is 2.73. The number of fused-ring (bicyclic) bond motifs is 7. The van der Waals surface area contributed by atoms with Crippen molar-refractivity contribution in [2.24, 2.45) is 40.4 Å². The molecule has 7 atom stereocenters. The van der Waals surface area contributed by atoms with Crippen molar-refractivity contribution in [1.29, 1.82) is 0 Å². The van der Waals surface area contributed by atoms with Crippen molar-refractivity contribution in [2.45, 2.75) is 65.7 Å². The molecular weight excluding hydrogens is 280 g/mol. The number of hydrogen-bond donors (Lipinski definition) is 0. The van der Waals surface area contributed by atoms with Gasteiger partial charge in [0.1, 0.15) is 0 Å². The van der Waals surface area contributed by atoms with E-state index in [1.807, 2.05) is 0 Å². The lowest BCUT2D eigenvalue weighted by Gasteiger charge is -2.57. The third kappa shape index (κ3) is 1.91. The van der Waals surface area contributed by atoms with Gasteiger partial charge in [0.25, 0.3) is 0 Å². The molecule has 5 aliphatic carbocycles. The van der Waals surface area contributed by atoms with Crippen LogP contribution in [-0.4, -0.2) is 6.61 Å². The van der Waals surface area contributed by atoms with Gasteiger partial charge in [0.15, 0.2) is 0 Å². The second-order valence-electron chi connectivity index (χ2n) is 9.71. The summed E-state index contributed by atoms with van der Waals surface area (Å²) in [5.74, 6) is 6.39. The quantitative estimate of drug-likeness (QED) is 0.633. The molecule has 1 nitrogen and oxygen atoms in total. The van der Waals surface area contributed by atoms with Gasteiger partial charge in [-0.2, -0.15) is 0 Å². The van der Waals surface area contributed by atoms with Crippen LogP contribution in [0.1, 0.15) is 65.7 Å². The summed E-state index contributed by atoms with van der Waals surface area (Å²) in [6, 6.07) is 0. The van der Waals surface area contributed by atoms with Crippen LogP contribution >= 0.6 is 0 Å². The van der Waals surface area contributed by atoms with Crippen LogP contribution in [0.2, 0.25) is 0 Å². The van der Waals surface area contributed by atoms with E-state index >= 15 is 0 Å². The zero-order valence-corrected chi connectivity index (χ0v) is 15.1. The topological polar surface area (TPSA) is 9.23 Å². The first-order valence-corrected chi connectivity index (χ1v) is 10.1. The van der Waals surface area contributed by atoms with Crippen LogP contribution in [0, 0.1) is 40.4 Å². The van der Waals surface area contributed by atoms with E-state index < -0.39 is 0 Å². The van der Waals surface area contributed by atoms with Gasteiger partial charge < -0.3 is 4.74 Å². The van der Waals surface area contributed by atoms with Crippen LogP contribution in [0.3, 0.4) is 0 Å². The van der Waals surface area contributed by atoms with Crippen LogP contribution in [-0.2, 0) is 4.74 Å². The van der Waals surface area contributed by atoms with Crippen molar-refractivity contribution in [1.82, 2.24) is 0 Å². The predicted octanol–water partition coefficient (Wildman–Crippen LogP) is 5.73. The van der Waals surface area contributed by atoms with Gasteiger partial charge in [-0.05, 0) is 97.5 Å². The third-order valence-corrected chi connectivity index (χ3v) is 8.60. The molecule has 0 radical (unpaired) electrons. The fourth-order valence-corrected chi connectivity index (χ4v) is 7.54. The molecule has 1 heteroatoms. The van der Waals surface area contributed by atoms with Gasteiger partial charge in [0.05, 0.1) is 12.4 Å². The molecule has 3 saturated carbocycles. The number of allylic oxidation sites excluding steroid dienone is 4. The molecule has 0 bridgehead atoms. The Hall–Kier alpha value is -0.720. The maximum absolute atomic E-state index is 5.84. The Morgan fingerprint density at radius 1 is 1.22 bits per heavy atom. The van der Waals surface area contributed by atoms with Gasteiger partial charge in [0, 0.05) is 6.42 Å². The Bertz CT molecular complexity index is 587. The van der Waals surface area contributed by atoms with Gasteiger partial charge >= 0.3 is 0 Å². The van der Waals surface area contributed by atoms with Crippen LogP contribution in [0.5, 0.6) is 0 Å². The van der Waals surface area contributed by atoms with Crippen molar-refractivity contribution in [3.05, 3.63) is 23.5 Å². The fraction of sp³-hybridized carbons (Fsp3) is 0.818. The molecule has 0 aromatic carbocycles. The van der Waals surface area contributed by atoms with Crippen LogP contribution < -0.4 is 0 Å². The summed E-state index contributed by atoms with van der Waals surface area (Å²) >= 11 is 0. The van der Waals surface area contributed by atoms with Gasteiger partial charge in [-0.15, -0.1) is 0 Å². The lowest BCUT2D eigenvalue weighted by atomic mass is 9.48. The standard InChI is InChI=1S/C22H32O/c1-4-23-16-7-10-22(3)15(12-16)5-6-17-19(22)8-9-21(2)13-14-11-18(14)20(17)21/h5,12,14,17-20H,4,6-11,13H2,1-3H3/t14-,17+,18-,19-,20+,21+,22-/m0/s1. The summed E-state index contributed by atoms with van der Waals surface area (Å²) < 4.78 is 5.84. The first-order valence-electron chi connectivity index (χ1n) is 10.1. The van der Waals surface area contributed by atoms with E-state index in [0.717, 1.165) is 42.6 Å². The highest BCUT2D eigenvalue weighted by atomic mass is 16.5. The first-order chi connectivity index (χ1) is 11.0. The van der Waals surface area contributed by atoms with Gasteiger partial charge in [-0.3, -0.25) is 0 Å². The number of rotatable bonds is 2. The van der Waals surface area contributed by atoms with E-state index in [4.69, 9.17) is 4.74 Å². The normalized spacial score (nSPS) is 53.3. The molecular formula is C22H32O. The zero-order chi connectivity index (χ0) is 15.8. The Balaban J connectivity index is 1.49. The van der Waals surface area contributed by atoms with E-state index in [1.54, 1.807) is 18.4 Å². The molecule has 126 valence electrons. The second kappa shape index (κ2) is 4.67. The Labute approximate surface area is 141 Å².